The highest BCUT2D eigenvalue weighted by Gasteiger charge is 2.20. The first-order valence-electron chi connectivity index (χ1n) is 4.21. The van der Waals surface area contributed by atoms with E-state index in [1.165, 1.54) is 11.1 Å². The van der Waals surface area contributed by atoms with Gasteiger partial charge in [0.05, 0.1) is 12.7 Å². The second kappa shape index (κ2) is 3.08. The normalized spacial score (nSPS) is 21.0. The van der Waals surface area contributed by atoms with Gasteiger partial charge in [-0.25, -0.2) is 0 Å². The van der Waals surface area contributed by atoms with Crippen molar-refractivity contribution in [1.82, 2.24) is 0 Å². The SMILES string of the molecule is CCC1OCc2cc(Cl)ccc21. The molecule has 1 aliphatic heterocycles. The van der Waals surface area contributed by atoms with Crippen LogP contribution in [0.2, 0.25) is 5.02 Å². The van der Waals surface area contributed by atoms with Crippen molar-refractivity contribution < 1.29 is 4.74 Å². The lowest BCUT2D eigenvalue weighted by molar-refractivity contribution is 0.0636. The van der Waals surface area contributed by atoms with E-state index in [0.29, 0.717) is 6.61 Å². The number of ether oxygens (including phenoxy) is 1. The minimum atomic E-state index is 0.289. The summed E-state index contributed by atoms with van der Waals surface area (Å²) < 4.78 is 5.57. The second-order valence-electron chi connectivity index (χ2n) is 3.05. The quantitative estimate of drug-likeness (QED) is 0.648. The van der Waals surface area contributed by atoms with E-state index in [-0.39, 0.29) is 6.10 Å². The van der Waals surface area contributed by atoms with E-state index in [1.807, 2.05) is 12.1 Å². The Balaban J connectivity index is 2.40. The summed E-state index contributed by atoms with van der Waals surface area (Å²) in [7, 11) is 0. The van der Waals surface area contributed by atoms with E-state index < -0.39 is 0 Å². The average Bonchev–Trinajstić information content (AvgIpc) is 2.46. The van der Waals surface area contributed by atoms with Gasteiger partial charge in [0.2, 0.25) is 0 Å². The predicted octanol–water partition coefficient (Wildman–Crippen LogP) is 3.32. The Labute approximate surface area is 77.3 Å². The molecule has 1 unspecified atom stereocenters. The number of fused-ring (bicyclic) bond motifs is 1. The number of hydrogen-bond donors (Lipinski definition) is 0. The van der Waals surface area contributed by atoms with Crippen LogP contribution in [-0.2, 0) is 11.3 Å². The Morgan fingerprint density at radius 3 is 3.17 bits per heavy atom. The molecular formula is C10H11ClO. The molecule has 2 rings (SSSR count). The van der Waals surface area contributed by atoms with Gasteiger partial charge < -0.3 is 4.74 Å². The minimum Gasteiger partial charge on any atom is -0.369 e. The van der Waals surface area contributed by atoms with Crippen molar-refractivity contribution in [3.8, 4) is 0 Å². The Morgan fingerprint density at radius 1 is 1.58 bits per heavy atom. The third-order valence-electron chi connectivity index (χ3n) is 2.26. The molecule has 0 amide bonds. The van der Waals surface area contributed by atoms with E-state index in [1.54, 1.807) is 0 Å². The van der Waals surface area contributed by atoms with Gasteiger partial charge in [0.1, 0.15) is 0 Å². The molecule has 0 fully saturated rings. The fourth-order valence-electron chi connectivity index (χ4n) is 1.63. The van der Waals surface area contributed by atoms with Crippen LogP contribution >= 0.6 is 11.6 Å². The largest absolute Gasteiger partial charge is 0.369 e. The van der Waals surface area contributed by atoms with Gasteiger partial charge in [0.15, 0.2) is 0 Å². The Hall–Kier alpha value is -0.530. The number of halogens is 1. The molecule has 0 spiro atoms. The van der Waals surface area contributed by atoms with Crippen LogP contribution in [0.5, 0.6) is 0 Å². The molecular weight excluding hydrogens is 172 g/mol. The Bertz CT molecular complexity index is 296. The molecule has 1 aromatic carbocycles. The van der Waals surface area contributed by atoms with Crippen molar-refractivity contribution in [3.05, 3.63) is 34.3 Å². The molecule has 2 heteroatoms. The fraction of sp³-hybridized carbons (Fsp3) is 0.400. The standard InChI is InChI=1S/C10H11ClO/c1-2-10-9-4-3-8(11)5-7(9)6-12-10/h3-5,10H,2,6H2,1H3. The van der Waals surface area contributed by atoms with Gasteiger partial charge in [-0.2, -0.15) is 0 Å². The van der Waals surface area contributed by atoms with Crippen LogP contribution in [0.15, 0.2) is 18.2 Å². The van der Waals surface area contributed by atoms with Gasteiger partial charge in [0.25, 0.3) is 0 Å². The van der Waals surface area contributed by atoms with Gasteiger partial charge >= 0.3 is 0 Å². The van der Waals surface area contributed by atoms with E-state index in [9.17, 15) is 0 Å². The Kier molecular flexibility index (Phi) is 2.07. The van der Waals surface area contributed by atoms with Gasteiger partial charge in [-0.15, -0.1) is 0 Å². The van der Waals surface area contributed by atoms with Crippen molar-refractivity contribution in [3.63, 3.8) is 0 Å². The molecule has 0 saturated carbocycles. The number of hydrogen-bond acceptors (Lipinski definition) is 1. The molecule has 0 bridgehead atoms. The topological polar surface area (TPSA) is 9.23 Å². The molecule has 0 aliphatic carbocycles. The predicted molar refractivity (Wildman–Crippen MR) is 49.3 cm³/mol. The highest BCUT2D eigenvalue weighted by Crippen LogP contribution is 2.33. The van der Waals surface area contributed by atoms with Gasteiger partial charge in [-0.3, -0.25) is 0 Å². The maximum atomic E-state index is 5.86. The zero-order valence-corrected chi connectivity index (χ0v) is 7.77. The van der Waals surface area contributed by atoms with Crippen LogP contribution in [0, 0.1) is 0 Å². The zero-order valence-electron chi connectivity index (χ0n) is 7.01. The summed E-state index contributed by atoms with van der Waals surface area (Å²) in [6, 6.07) is 5.99. The lowest BCUT2D eigenvalue weighted by atomic mass is 10.0. The molecule has 1 aliphatic rings. The summed E-state index contributed by atoms with van der Waals surface area (Å²) in [5, 5.41) is 0.800. The summed E-state index contributed by atoms with van der Waals surface area (Å²) in [4.78, 5) is 0. The maximum Gasteiger partial charge on any atom is 0.0830 e. The summed E-state index contributed by atoms with van der Waals surface area (Å²) in [5.74, 6) is 0. The smallest absolute Gasteiger partial charge is 0.0830 e. The van der Waals surface area contributed by atoms with Crippen molar-refractivity contribution >= 4 is 11.6 Å². The summed E-state index contributed by atoms with van der Waals surface area (Å²) in [6.07, 6.45) is 1.33. The fourth-order valence-corrected chi connectivity index (χ4v) is 1.83. The highest BCUT2D eigenvalue weighted by molar-refractivity contribution is 6.30. The zero-order chi connectivity index (χ0) is 8.55. The third kappa shape index (κ3) is 1.23. The third-order valence-corrected chi connectivity index (χ3v) is 2.50. The van der Waals surface area contributed by atoms with Crippen molar-refractivity contribution in [2.45, 2.75) is 26.1 Å². The molecule has 1 nitrogen and oxygen atoms in total. The van der Waals surface area contributed by atoms with Crippen LogP contribution in [0.3, 0.4) is 0 Å². The van der Waals surface area contributed by atoms with Crippen LogP contribution in [0.1, 0.15) is 30.6 Å². The van der Waals surface area contributed by atoms with Crippen molar-refractivity contribution in [1.29, 1.82) is 0 Å². The first kappa shape index (κ1) is 8.09. The summed E-state index contributed by atoms with van der Waals surface area (Å²) >= 11 is 5.86. The molecule has 1 atom stereocenters. The van der Waals surface area contributed by atoms with Crippen molar-refractivity contribution in [2.75, 3.05) is 0 Å². The van der Waals surface area contributed by atoms with Crippen LogP contribution < -0.4 is 0 Å². The first-order valence-corrected chi connectivity index (χ1v) is 4.59. The lowest BCUT2D eigenvalue weighted by Gasteiger charge is -2.06. The minimum absolute atomic E-state index is 0.289. The van der Waals surface area contributed by atoms with Crippen molar-refractivity contribution in [2.24, 2.45) is 0 Å². The van der Waals surface area contributed by atoms with E-state index >= 15 is 0 Å². The number of rotatable bonds is 1. The molecule has 12 heavy (non-hydrogen) atoms. The molecule has 0 saturated heterocycles. The summed E-state index contributed by atoms with van der Waals surface area (Å²) in [6.45, 7) is 2.85. The van der Waals surface area contributed by atoms with Crippen LogP contribution in [0.4, 0.5) is 0 Å². The van der Waals surface area contributed by atoms with Gasteiger partial charge in [-0.05, 0) is 29.7 Å². The van der Waals surface area contributed by atoms with Gasteiger partial charge in [-0.1, -0.05) is 24.6 Å². The molecule has 1 heterocycles. The lowest BCUT2D eigenvalue weighted by Crippen LogP contribution is -1.91. The average molecular weight is 183 g/mol. The Morgan fingerprint density at radius 2 is 2.42 bits per heavy atom. The summed E-state index contributed by atoms with van der Waals surface area (Å²) in [5.41, 5.74) is 2.55. The molecule has 1 aromatic rings. The maximum absolute atomic E-state index is 5.86. The molecule has 0 N–H and O–H groups in total. The van der Waals surface area contributed by atoms with E-state index in [4.69, 9.17) is 16.3 Å². The van der Waals surface area contributed by atoms with Gasteiger partial charge in [0, 0.05) is 5.02 Å². The molecule has 0 aromatic heterocycles. The first-order chi connectivity index (χ1) is 5.81. The van der Waals surface area contributed by atoms with Crippen LogP contribution in [0.25, 0.3) is 0 Å². The van der Waals surface area contributed by atoms with E-state index in [2.05, 4.69) is 13.0 Å². The van der Waals surface area contributed by atoms with Crippen LogP contribution in [-0.4, -0.2) is 0 Å². The number of benzene rings is 1. The van der Waals surface area contributed by atoms with E-state index in [0.717, 1.165) is 11.4 Å². The monoisotopic (exact) mass is 182 g/mol. The highest BCUT2D eigenvalue weighted by atomic mass is 35.5. The molecule has 0 radical (unpaired) electrons. The molecule has 64 valence electrons. The second-order valence-corrected chi connectivity index (χ2v) is 3.49.